The zero-order chi connectivity index (χ0) is 14.3. The van der Waals surface area contributed by atoms with Crippen molar-refractivity contribution in [2.45, 2.75) is 52.2 Å². The van der Waals surface area contributed by atoms with Crippen LogP contribution >= 0.6 is 0 Å². The molecule has 106 valence electrons. The summed E-state index contributed by atoms with van der Waals surface area (Å²) in [5.41, 5.74) is 0.872. The third-order valence-electron chi connectivity index (χ3n) is 2.55. The lowest BCUT2D eigenvalue weighted by atomic mass is 10.1. The van der Waals surface area contributed by atoms with Crippen LogP contribution in [0.3, 0.4) is 0 Å². The Kier molecular flexibility index (Phi) is 6.21. The third-order valence-corrected chi connectivity index (χ3v) is 2.55. The van der Waals surface area contributed by atoms with Crippen molar-refractivity contribution in [3.05, 3.63) is 18.0 Å². The highest BCUT2D eigenvalue weighted by Gasteiger charge is 2.15. The van der Waals surface area contributed by atoms with Gasteiger partial charge in [0.05, 0.1) is 0 Å². The van der Waals surface area contributed by atoms with Crippen LogP contribution in [0.2, 0.25) is 0 Å². The molecule has 1 rings (SSSR count). The molecule has 1 atom stereocenters. The Morgan fingerprint density at radius 1 is 1.37 bits per heavy atom. The number of rotatable bonds is 8. The van der Waals surface area contributed by atoms with Crippen molar-refractivity contribution in [1.82, 2.24) is 15.3 Å². The van der Waals surface area contributed by atoms with E-state index >= 15 is 0 Å². The zero-order valence-electron chi connectivity index (χ0n) is 11.7. The van der Waals surface area contributed by atoms with Crippen molar-refractivity contribution >= 4 is 11.9 Å². The Labute approximate surface area is 113 Å². The molecular formula is C13H22N4O2. The number of nitrogens with zero attached hydrogens (tertiary/aromatic N) is 2. The number of anilines is 1. The fourth-order valence-electron chi connectivity index (χ4n) is 1.62. The Morgan fingerprint density at radius 2 is 2.00 bits per heavy atom. The molecule has 1 heterocycles. The summed E-state index contributed by atoms with van der Waals surface area (Å²) in [7, 11) is 0. The Hall–Kier alpha value is -1.69. The van der Waals surface area contributed by atoms with Gasteiger partial charge in [0.15, 0.2) is 0 Å². The zero-order valence-corrected chi connectivity index (χ0v) is 11.7. The Bertz CT molecular complexity index is 392. The molecule has 3 N–H and O–H groups in total. The number of carboxylic acid groups (broad SMARTS) is 1. The van der Waals surface area contributed by atoms with Gasteiger partial charge < -0.3 is 15.7 Å². The second-order valence-corrected chi connectivity index (χ2v) is 4.77. The molecule has 0 aliphatic rings. The first-order valence-corrected chi connectivity index (χ1v) is 6.56. The number of aliphatic carboxylic acids is 1. The van der Waals surface area contributed by atoms with Gasteiger partial charge in [0.2, 0.25) is 5.95 Å². The first kappa shape index (κ1) is 15.4. The van der Waals surface area contributed by atoms with Crippen molar-refractivity contribution in [2.24, 2.45) is 0 Å². The van der Waals surface area contributed by atoms with Crippen molar-refractivity contribution in [3.8, 4) is 0 Å². The molecule has 0 aliphatic carbocycles. The molecule has 19 heavy (non-hydrogen) atoms. The molecular weight excluding hydrogens is 244 g/mol. The lowest BCUT2D eigenvalue weighted by Gasteiger charge is -2.13. The lowest BCUT2D eigenvalue weighted by molar-refractivity contribution is -0.139. The number of aromatic nitrogens is 2. The van der Waals surface area contributed by atoms with Gasteiger partial charge in [0, 0.05) is 30.5 Å². The maximum Gasteiger partial charge on any atom is 0.320 e. The Balaban J connectivity index is 2.50. The van der Waals surface area contributed by atoms with Crippen molar-refractivity contribution in [1.29, 1.82) is 0 Å². The van der Waals surface area contributed by atoms with Gasteiger partial charge in [0.25, 0.3) is 0 Å². The smallest absolute Gasteiger partial charge is 0.320 e. The molecule has 1 aromatic rings. The number of hydrogen-bond donors (Lipinski definition) is 3. The van der Waals surface area contributed by atoms with E-state index < -0.39 is 12.0 Å². The van der Waals surface area contributed by atoms with Crippen molar-refractivity contribution in [3.63, 3.8) is 0 Å². The van der Waals surface area contributed by atoms with E-state index in [4.69, 9.17) is 5.11 Å². The second kappa shape index (κ2) is 7.68. The van der Waals surface area contributed by atoms with E-state index in [1.165, 1.54) is 0 Å². The third kappa shape index (κ3) is 5.65. The molecule has 0 radical (unpaired) electrons. The maximum atomic E-state index is 11.0. The first-order valence-electron chi connectivity index (χ1n) is 6.56. The van der Waals surface area contributed by atoms with Gasteiger partial charge in [-0.1, -0.05) is 13.3 Å². The van der Waals surface area contributed by atoms with Gasteiger partial charge in [-0.05, 0) is 20.3 Å². The summed E-state index contributed by atoms with van der Waals surface area (Å²) >= 11 is 0. The highest BCUT2D eigenvalue weighted by molar-refractivity contribution is 5.73. The highest BCUT2D eigenvalue weighted by Crippen LogP contribution is 2.03. The normalized spacial score (nSPS) is 12.4. The van der Waals surface area contributed by atoms with Crippen LogP contribution in [0.1, 0.15) is 39.2 Å². The predicted molar refractivity (Wildman–Crippen MR) is 74.0 cm³/mol. The number of carboxylic acids is 1. The molecule has 0 fully saturated rings. The quantitative estimate of drug-likeness (QED) is 0.663. The summed E-state index contributed by atoms with van der Waals surface area (Å²) in [5, 5.41) is 15.1. The minimum atomic E-state index is -0.819. The van der Waals surface area contributed by atoms with E-state index in [-0.39, 0.29) is 6.04 Å². The molecule has 0 saturated carbocycles. The fraction of sp³-hybridized carbons (Fsp3) is 0.615. The summed E-state index contributed by atoms with van der Waals surface area (Å²) < 4.78 is 0. The van der Waals surface area contributed by atoms with Gasteiger partial charge in [-0.2, -0.15) is 0 Å². The first-order chi connectivity index (χ1) is 9.02. The molecule has 6 heteroatoms. The van der Waals surface area contributed by atoms with E-state index in [0.29, 0.717) is 18.9 Å². The number of hydrogen-bond acceptors (Lipinski definition) is 5. The van der Waals surface area contributed by atoms with Crippen LogP contribution < -0.4 is 10.6 Å². The number of carbonyl (C=O) groups is 1. The molecule has 1 unspecified atom stereocenters. The van der Waals surface area contributed by atoms with E-state index in [0.717, 1.165) is 12.0 Å². The molecule has 6 nitrogen and oxygen atoms in total. The number of nitrogens with one attached hydrogen (secondary N) is 2. The van der Waals surface area contributed by atoms with E-state index in [9.17, 15) is 4.79 Å². The molecule has 0 bridgehead atoms. The monoisotopic (exact) mass is 266 g/mol. The van der Waals surface area contributed by atoms with Crippen LogP contribution in [0.5, 0.6) is 0 Å². The van der Waals surface area contributed by atoms with Crippen LogP contribution in [-0.4, -0.2) is 33.1 Å². The SMILES string of the molecule is CCCC(NCc1cnc(NC(C)C)nc1)C(=O)O. The fourth-order valence-corrected chi connectivity index (χ4v) is 1.62. The molecule has 0 aliphatic heterocycles. The molecule has 0 spiro atoms. The summed E-state index contributed by atoms with van der Waals surface area (Å²) in [4.78, 5) is 19.3. The maximum absolute atomic E-state index is 11.0. The summed E-state index contributed by atoms with van der Waals surface area (Å²) in [6, 6.07) is -0.233. The summed E-state index contributed by atoms with van der Waals surface area (Å²) in [6.45, 7) is 6.45. The van der Waals surface area contributed by atoms with Gasteiger partial charge >= 0.3 is 5.97 Å². The van der Waals surface area contributed by atoms with E-state index in [2.05, 4.69) is 20.6 Å². The minimum Gasteiger partial charge on any atom is -0.480 e. The standard InChI is InChI=1S/C13H22N4O2/c1-4-5-11(12(18)19)14-6-10-7-15-13(16-8-10)17-9(2)3/h7-9,11,14H,4-6H2,1-3H3,(H,18,19)(H,15,16,17). The molecule has 0 aromatic carbocycles. The van der Waals surface area contributed by atoms with Crippen LogP contribution in [-0.2, 0) is 11.3 Å². The average Bonchev–Trinajstić information content (AvgIpc) is 2.35. The van der Waals surface area contributed by atoms with Crippen LogP contribution in [0.4, 0.5) is 5.95 Å². The van der Waals surface area contributed by atoms with Gasteiger partial charge in [-0.3, -0.25) is 4.79 Å². The minimum absolute atomic E-state index is 0.282. The second-order valence-electron chi connectivity index (χ2n) is 4.77. The van der Waals surface area contributed by atoms with Crippen molar-refractivity contribution in [2.75, 3.05) is 5.32 Å². The predicted octanol–water partition coefficient (Wildman–Crippen LogP) is 1.64. The largest absolute Gasteiger partial charge is 0.480 e. The highest BCUT2D eigenvalue weighted by atomic mass is 16.4. The van der Waals surface area contributed by atoms with Crippen LogP contribution in [0, 0.1) is 0 Å². The van der Waals surface area contributed by atoms with Gasteiger partial charge in [0.1, 0.15) is 6.04 Å². The molecule has 0 amide bonds. The topological polar surface area (TPSA) is 87.1 Å². The van der Waals surface area contributed by atoms with E-state index in [1.54, 1.807) is 12.4 Å². The van der Waals surface area contributed by atoms with Crippen LogP contribution in [0.25, 0.3) is 0 Å². The van der Waals surface area contributed by atoms with E-state index in [1.807, 2.05) is 20.8 Å². The average molecular weight is 266 g/mol. The Morgan fingerprint density at radius 3 is 2.47 bits per heavy atom. The lowest BCUT2D eigenvalue weighted by Crippen LogP contribution is -2.36. The van der Waals surface area contributed by atoms with Gasteiger partial charge in [-0.15, -0.1) is 0 Å². The summed E-state index contributed by atoms with van der Waals surface area (Å²) in [5.74, 6) is -0.233. The molecule has 1 aromatic heterocycles. The molecule has 0 saturated heterocycles. The van der Waals surface area contributed by atoms with Crippen LogP contribution in [0.15, 0.2) is 12.4 Å². The summed E-state index contributed by atoms with van der Waals surface area (Å²) in [6.07, 6.45) is 4.85. The van der Waals surface area contributed by atoms with Gasteiger partial charge in [-0.25, -0.2) is 9.97 Å². The van der Waals surface area contributed by atoms with Crippen molar-refractivity contribution < 1.29 is 9.90 Å².